The maximum Gasteiger partial charge on any atom is 0.418 e. The molecule has 0 aromatic heterocycles. The van der Waals surface area contributed by atoms with Gasteiger partial charge < -0.3 is 20.7 Å². The number of aryl methyl sites for hydroxylation is 2. The van der Waals surface area contributed by atoms with Gasteiger partial charge in [0.1, 0.15) is 12.4 Å². The van der Waals surface area contributed by atoms with Crippen molar-refractivity contribution < 1.29 is 28.3 Å². The average molecular weight is 561 g/mol. The second kappa shape index (κ2) is 9.37. The number of amides is 4. The molecule has 7 rings (SSSR count). The normalized spacial score (nSPS) is 26.2. The van der Waals surface area contributed by atoms with E-state index in [9.17, 15) is 23.6 Å². The van der Waals surface area contributed by atoms with E-state index >= 15 is 0 Å². The number of nitrogens with zero attached hydrogens (tertiary/aromatic N) is 2. The van der Waals surface area contributed by atoms with Crippen LogP contribution in [0.15, 0.2) is 36.4 Å². The van der Waals surface area contributed by atoms with E-state index in [1.54, 1.807) is 29.2 Å². The monoisotopic (exact) mass is 560 g/mol. The first kappa shape index (κ1) is 26.1. The molecule has 1 spiro atoms. The third-order valence-corrected chi connectivity index (χ3v) is 9.71. The smallest absolute Gasteiger partial charge is 0.418 e. The van der Waals surface area contributed by atoms with Crippen LogP contribution in [-0.4, -0.2) is 51.7 Å². The van der Waals surface area contributed by atoms with E-state index in [4.69, 9.17) is 10.5 Å². The molecule has 2 aliphatic heterocycles. The van der Waals surface area contributed by atoms with Crippen LogP contribution >= 0.6 is 0 Å². The molecule has 0 radical (unpaired) electrons. The maximum absolute atomic E-state index is 13.9. The third-order valence-electron chi connectivity index (χ3n) is 9.71. The van der Waals surface area contributed by atoms with Gasteiger partial charge in [-0.3, -0.25) is 14.4 Å². The Balaban J connectivity index is 1.09. The summed E-state index contributed by atoms with van der Waals surface area (Å²) < 4.78 is 19.7. The number of halogens is 1. The predicted octanol–water partition coefficient (Wildman–Crippen LogP) is 3.52. The molecule has 3 N–H and O–H groups in total. The van der Waals surface area contributed by atoms with Gasteiger partial charge in [-0.2, -0.15) is 0 Å². The first-order valence-electron chi connectivity index (χ1n) is 14.5. The summed E-state index contributed by atoms with van der Waals surface area (Å²) in [5.41, 5.74) is 7.59. The van der Waals surface area contributed by atoms with Gasteiger partial charge in [-0.15, -0.1) is 0 Å². The molecule has 3 fully saturated rings. The Morgan fingerprint density at radius 1 is 1.00 bits per heavy atom. The van der Waals surface area contributed by atoms with Gasteiger partial charge in [0, 0.05) is 30.3 Å². The minimum Gasteiger partial charge on any atom is -0.427 e. The zero-order valence-corrected chi connectivity index (χ0v) is 22.8. The predicted molar refractivity (Wildman–Crippen MR) is 146 cm³/mol. The number of anilines is 1. The van der Waals surface area contributed by atoms with Crippen LogP contribution in [0, 0.1) is 11.7 Å². The van der Waals surface area contributed by atoms with Gasteiger partial charge >= 0.3 is 6.09 Å². The Bertz CT molecular complexity index is 1480. The molecule has 4 amide bonds. The number of ether oxygens (including phenoxy) is 1. The van der Waals surface area contributed by atoms with Crippen molar-refractivity contribution in [2.24, 2.45) is 11.7 Å². The van der Waals surface area contributed by atoms with E-state index < -0.39 is 29.7 Å². The Hall–Kier alpha value is -3.79. The van der Waals surface area contributed by atoms with Crippen molar-refractivity contribution in [2.75, 3.05) is 11.9 Å². The molecule has 2 aromatic carbocycles. The second-order valence-corrected chi connectivity index (χ2v) is 12.3. The number of hydrogen-bond donors (Lipinski definition) is 2. The summed E-state index contributed by atoms with van der Waals surface area (Å²) in [6, 6.07) is 9.85. The Morgan fingerprint density at radius 2 is 1.80 bits per heavy atom. The summed E-state index contributed by atoms with van der Waals surface area (Å²) in [4.78, 5) is 55.9. The van der Waals surface area contributed by atoms with Crippen molar-refractivity contribution in [1.82, 2.24) is 9.80 Å². The largest absolute Gasteiger partial charge is 0.427 e. The quantitative estimate of drug-likeness (QED) is 0.577. The van der Waals surface area contributed by atoms with E-state index in [1.165, 1.54) is 12.1 Å². The van der Waals surface area contributed by atoms with Crippen molar-refractivity contribution in [3.05, 3.63) is 64.5 Å². The van der Waals surface area contributed by atoms with E-state index in [0.29, 0.717) is 55.8 Å². The number of carbonyl (C=O) groups is 4. The first-order valence-corrected chi connectivity index (χ1v) is 14.5. The highest BCUT2D eigenvalue weighted by molar-refractivity contribution is 6.06. The van der Waals surface area contributed by atoms with Crippen LogP contribution in [0.25, 0.3) is 0 Å². The van der Waals surface area contributed by atoms with Gasteiger partial charge in [0.15, 0.2) is 0 Å². The highest BCUT2D eigenvalue weighted by atomic mass is 19.1. The number of nitrogens with one attached hydrogen (secondary N) is 1. The van der Waals surface area contributed by atoms with E-state index in [-0.39, 0.29) is 30.1 Å². The van der Waals surface area contributed by atoms with Gasteiger partial charge in [-0.25, -0.2) is 14.1 Å². The molecule has 9 nitrogen and oxygen atoms in total. The number of fused-ring (bicyclic) bond motifs is 3. The summed E-state index contributed by atoms with van der Waals surface area (Å²) in [5, 5.41) is 2.88. The molecule has 0 unspecified atom stereocenters. The summed E-state index contributed by atoms with van der Waals surface area (Å²) in [7, 11) is 0. The molecule has 0 bridgehead atoms. The second-order valence-electron chi connectivity index (χ2n) is 12.3. The fourth-order valence-corrected chi connectivity index (χ4v) is 6.98. The van der Waals surface area contributed by atoms with Gasteiger partial charge in [-0.1, -0.05) is 12.1 Å². The van der Waals surface area contributed by atoms with Crippen LogP contribution in [-0.2, 0) is 44.1 Å². The lowest BCUT2D eigenvalue weighted by Crippen LogP contribution is -2.56. The van der Waals surface area contributed by atoms with Crippen LogP contribution in [0.4, 0.5) is 14.9 Å². The van der Waals surface area contributed by atoms with Crippen molar-refractivity contribution in [3.8, 4) is 0 Å². The molecular formula is C31H33FN4O5. The van der Waals surface area contributed by atoms with Gasteiger partial charge in [0.05, 0.1) is 5.54 Å². The molecule has 214 valence electrons. The lowest BCUT2D eigenvalue weighted by Gasteiger charge is -2.36. The maximum atomic E-state index is 13.9. The van der Waals surface area contributed by atoms with E-state index in [1.807, 2.05) is 0 Å². The van der Waals surface area contributed by atoms with Crippen molar-refractivity contribution >= 4 is 29.5 Å². The summed E-state index contributed by atoms with van der Waals surface area (Å²) in [6.45, 7) is -0.0829. The molecule has 10 heteroatoms. The van der Waals surface area contributed by atoms with Gasteiger partial charge in [0.25, 0.3) is 5.91 Å². The average Bonchev–Trinajstić information content (AvgIpc) is 3.70. The summed E-state index contributed by atoms with van der Waals surface area (Å²) in [6.07, 6.45) is 5.59. The molecule has 5 aliphatic rings. The van der Waals surface area contributed by atoms with Crippen LogP contribution in [0.1, 0.15) is 67.2 Å². The topological polar surface area (TPSA) is 122 Å². The van der Waals surface area contributed by atoms with Crippen molar-refractivity contribution in [3.63, 3.8) is 0 Å². The number of rotatable bonds is 5. The molecule has 1 saturated heterocycles. The zero-order chi connectivity index (χ0) is 28.5. The van der Waals surface area contributed by atoms with Crippen LogP contribution in [0.5, 0.6) is 0 Å². The minimum absolute atomic E-state index is 0.0194. The minimum atomic E-state index is -1.48. The Kier molecular flexibility index (Phi) is 5.97. The third kappa shape index (κ3) is 4.31. The SMILES string of the molecule is NC1(C(=O)Nc2ccc3c(c2)CC[C@@]32OC(=O)N(CC(=O)N3Cc4ccc(F)cc4CC[C@@H]3C3CC3)C2=O)CCC1. The standard InChI is InChI=1S/C31H33FN4O5/c32-22-6-4-21-16-35(25(18-2-3-18)9-5-19(21)14-22)26(37)17-36-28(39)31(41-29(36)40)13-10-20-15-23(7-8-24(20)31)34-27(38)30(33)11-1-12-30/h4,6-8,14-15,18,25H,1-3,5,9-13,16-17,33H2,(H,34,38)/t25-,31-/m1/s1. The van der Waals surface area contributed by atoms with Crippen LogP contribution < -0.4 is 11.1 Å². The highest BCUT2D eigenvalue weighted by Crippen LogP contribution is 2.46. The van der Waals surface area contributed by atoms with E-state index in [2.05, 4.69) is 5.32 Å². The number of hydrogen-bond acceptors (Lipinski definition) is 6. The molecular weight excluding hydrogens is 527 g/mol. The van der Waals surface area contributed by atoms with Crippen LogP contribution in [0.3, 0.4) is 0 Å². The summed E-state index contributed by atoms with van der Waals surface area (Å²) >= 11 is 0. The molecule has 3 aliphatic carbocycles. The van der Waals surface area contributed by atoms with Crippen molar-refractivity contribution in [2.45, 2.75) is 81.5 Å². The molecule has 2 atom stereocenters. The van der Waals surface area contributed by atoms with E-state index in [0.717, 1.165) is 40.9 Å². The molecule has 2 saturated carbocycles. The zero-order valence-electron chi connectivity index (χ0n) is 22.8. The summed E-state index contributed by atoms with van der Waals surface area (Å²) in [5.74, 6) is -1.00. The molecule has 2 heterocycles. The number of nitrogens with two attached hydrogens (primary N) is 1. The van der Waals surface area contributed by atoms with Gasteiger partial charge in [0.2, 0.25) is 17.4 Å². The number of carbonyl (C=O) groups excluding carboxylic acids is 4. The lowest BCUT2D eigenvalue weighted by molar-refractivity contribution is -0.143. The Labute approximate surface area is 237 Å². The highest BCUT2D eigenvalue weighted by Gasteiger charge is 2.58. The van der Waals surface area contributed by atoms with Crippen molar-refractivity contribution in [1.29, 1.82) is 0 Å². The lowest BCUT2D eigenvalue weighted by atomic mass is 9.77. The molecule has 2 aromatic rings. The molecule has 41 heavy (non-hydrogen) atoms. The van der Waals surface area contributed by atoms with Gasteiger partial charge in [-0.05, 0) is 98.2 Å². The fourth-order valence-electron chi connectivity index (χ4n) is 6.98. The fraction of sp³-hybridized carbons (Fsp3) is 0.484. The number of benzene rings is 2. The Morgan fingerprint density at radius 3 is 2.54 bits per heavy atom. The number of imide groups is 1. The first-order chi connectivity index (χ1) is 19.7. The van der Waals surface area contributed by atoms with Crippen LogP contribution in [0.2, 0.25) is 0 Å².